The summed E-state index contributed by atoms with van der Waals surface area (Å²) in [6.45, 7) is 0.297. The third-order valence-corrected chi connectivity index (χ3v) is 1.69. The maximum atomic E-state index is 12.5. The lowest BCUT2D eigenvalue weighted by Crippen LogP contribution is -1.93. The number of aromatic nitrogens is 1. The van der Waals surface area contributed by atoms with Crippen molar-refractivity contribution in [2.24, 2.45) is 0 Å². The second-order valence-electron chi connectivity index (χ2n) is 2.72. The Kier molecular flexibility index (Phi) is 2.44. The first-order valence-electron chi connectivity index (χ1n) is 4.12. The van der Waals surface area contributed by atoms with Crippen molar-refractivity contribution in [3.63, 3.8) is 0 Å². The van der Waals surface area contributed by atoms with Gasteiger partial charge in [0.05, 0.1) is 6.20 Å². The van der Waals surface area contributed by atoms with E-state index in [1.165, 1.54) is 12.1 Å². The largest absolute Gasteiger partial charge is 0.486 e. The van der Waals surface area contributed by atoms with Gasteiger partial charge in [-0.25, -0.2) is 4.39 Å². The van der Waals surface area contributed by atoms with Crippen LogP contribution in [-0.4, -0.2) is 5.16 Å². The predicted molar refractivity (Wildman–Crippen MR) is 47.2 cm³/mol. The lowest BCUT2D eigenvalue weighted by Gasteiger charge is -2.02. The summed E-state index contributed by atoms with van der Waals surface area (Å²) in [5.41, 5.74) is 0. The molecule has 0 radical (unpaired) electrons. The van der Waals surface area contributed by atoms with Crippen LogP contribution < -0.4 is 4.74 Å². The van der Waals surface area contributed by atoms with Crippen molar-refractivity contribution in [3.05, 3.63) is 48.1 Å². The van der Waals surface area contributed by atoms with Gasteiger partial charge in [-0.15, -0.1) is 0 Å². The number of rotatable bonds is 3. The van der Waals surface area contributed by atoms with Crippen LogP contribution in [0, 0.1) is 5.82 Å². The highest BCUT2D eigenvalue weighted by molar-refractivity contribution is 5.22. The van der Waals surface area contributed by atoms with Crippen molar-refractivity contribution < 1.29 is 13.7 Å². The minimum Gasteiger partial charge on any atom is -0.486 e. The van der Waals surface area contributed by atoms with Crippen molar-refractivity contribution in [2.75, 3.05) is 0 Å². The highest BCUT2D eigenvalue weighted by Gasteiger charge is 1.98. The summed E-state index contributed by atoms with van der Waals surface area (Å²) in [5, 5.41) is 3.53. The molecule has 4 heteroatoms. The highest BCUT2D eigenvalue weighted by Crippen LogP contribution is 2.12. The SMILES string of the molecule is Fc1ccc(OCc2ccno2)cc1. The first-order chi connectivity index (χ1) is 6.84. The zero-order valence-electron chi connectivity index (χ0n) is 7.31. The fraction of sp³-hybridized carbons (Fsp3) is 0.100. The van der Waals surface area contributed by atoms with Crippen molar-refractivity contribution >= 4 is 0 Å². The molecule has 0 unspecified atom stereocenters. The molecule has 0 bridgehead atoms. The number of nitrogens with zero attached hydrogens (tertiary/aromatic N) is 1. The van der Waals surface area contributed by atoms with E-state index in [-0.39, 0.29) is 5.82 Å². The fourth-order valence-electron chi connectivity index (χ4n) is 1.00. The van der Waals surface area contributed by atoms with Crippen molar-refractivity contribution in [1.82, 2.24) is 5.16 Å². The van der Waals surface area contributed by atoms with E-state index in [0.717, 1.165) is 0 Å². The summed E-state index contributed by atoms with van der Waals surface area (Å²) < 4.78 is 22.7. The van der Waals surface area contributed by atoms with Crippen LogP contribution in [0.2, 0.25) is 0 Å². The second kappa shape index (κ2) is 3.91. The van der Waals surface area contributed by atoms with Gasteiger partial charge >= 0.3 is 0 Å². The average Bonchev–Trinajstić information content (AvgIpc) is 2.70. The maximum Gasteiger partial charge on any atom is 0.174 e. The van der Waals surface area contributed by atoms with Crippen molar-refractivity contribution in [1.29, 1.82) is 0 Å². The molecule has 0 atom stereocenters. The van der Waals surface area contributed by atoms with Crippen LogP contribution in [0.3, 0.4) is 0 Å². The van der Waals surface area contributed by atoms with E-state index in [9.17, 15) is 4.39 Å². The Labute approximate surface area is 80.1 Å². The Balaban J connectivity index is 1.95. The van der Waals surface area contributed by atoms with Gasteiger partial charge < -0.3 is 9.26 Å². The first-order valence-corrected chi connectivity index (χ1v) is 4.12. The molecule has 72 valence electrons. The number of hydrogen-bond acceptors (Lipinski definition) is 3. The lowest BCUT2D eigenvalue weighted by molar-refractivity contribution is 0.249. The van der Waals surface area contributed by atoms with E-state index in [4.69, 9.17) is 9.26 Å². The van der Waals surface area contributed by atoms with Gasteiger partial charge in [0.15, 0.2) is 5.76 Å². The molecular weight excluding hydrogens is 185 g/mol. The van der Waals surface area contributed by atoms with Crippen LogP contribution in [0.25, 0.3) is 0 Å². The Morgan fingerprint density at radius 3 is 2.64 bits per heavy atom. The quantitative estimate of drug-likeness (QED) is 0.750. The maximum absolute atomic E-state index is 12.5. The minimum absolute atomic E-state index is 0.281. The van der Waals surface area contributed by atoms with Crippen LogP contribution in [0.4, 0.5) is 4.39 Å². The predicted octanol–water partition coefficient (Wildman–Crippen LogP) is 2.39. The molecule has 0 aliphatic rings. The lowest BCUT2D eigenvalue weighted by atomic mass is 10.3. The molecule has 3 nitrogen and oxygen atoms in total. The third-order valence-electron chi connectivity index (χ3n) is 1.69. The van der Waals surface area contributed by atoms with Gasteiger partial charge in [-0.2, -0.15) is 0 Å². The molecule has 0 spiro atoms. The van der Waals surface area contributed by atoms with E-state index in [1.807, 2.05) is 0 Å². The van der Waals surface area contributed by atoms with Crippen LogP contribution in [0.15, 0.2) is 41.1 Å². The number of ether oxygens (including phenoxy) is 1. The molecule has 14 heavy (non-hydrogen) atoms. The molecule has 0 fully saturated rings. The standard InChI is InChI=1S/C10H8FNO2/c11-8-1-3-9(4-2-8)13-7-10-5-6-12-14-10/h1-6H,7H2. The summed E-state index contributed by atoms with van der Waals surface area (Å²) in [7, 11) is 0. The fourth-order valence-corrected chi connectivity index (χ4v) is 1.00. The van der Waals surface area contributed by atoms with Crippen LogP contribution in [0.5, 0.6) is 5.75 Å². The molecule has 0 saturated heterocycles. The number of halogens is 1. The Bertz CT molecular complexity index is 383. The number of benzene rings is 1. The van der Waals surface area contributed by atoms with Gasteiger partial charge in [-0.1, -0.05) is 5.16 Å². The normalized spacial score (nSPS) is 10.1. The van der Waals surface area contributed by atoms with Gasteiger partial charge in [0, 0.05) is 6.07 Å². The summed E-state index contributed by atoms with van der Waals surface area (Å²) in [4.78, 5) is 0. The minimum atomic E-state index is -0.281. The van der Waals surface area contributed by atoms with Gasteiger partial charge in [0.1, 0.15) is 18.2 Å². The van der Waals surface area contributed by atoms with Crippen molar-refractivity contribution in [3.8, 4) is 5.75 Å². The topological polar surface area (TPSA) is 35.3 Å². The van der Waals surface area contributed by atoms with E-state index >= 15 is 0 Å². The molecule has 0 amide bonds. The van der Waals surface area contributed by atoms with Crippen molar-refractivity contribution in [2.45, 2.75) is 6.61 Å². The summed E-state index contributed by atoms with van der Waals surface area (Å²) >= 11 is 0. The zero-order valence-corrected chi connectivity index (χ0v) is 7.31. The van der Waals surface area contributed by atoms with E-state index in [2.05, 4.69) is 5.16 Å². The van der Waals surface area contributed by atoms with Gasteiger partial charge in [-0.05, 0) is 24.3 Å². The molecular formula is C10H8FNO2. The molecule has 0 saturated carbocycles. The van der Waals surface area contributed by atoms with E-state index in [0.29, 0.717) is 18.1 Å². The van der Waals surface area contributed by atoms with Gasteiger partial charge in [-0.3, -0.25) is 0 Å². The summed E-state index contributed by atoms with van der Waals surface area (Å²) in [6, 6.07) is 7.52. The molecule has 0 N–H and O–H groups in total. The Hall–Kier alpha value is -1.84. The second-order valence-corrected chi connectivity index (χ2v) is 2.72. The monoisotopic (exact) mass is 193 g/mol. The van der Waals surface area contributed by atoms with E-state index in [1.54, 1.807) is 24.4 Å². The van der Waals surface area contributed by atoms with Gasteiger partial charge in [0.2, 0.25) is 0 Å². The van der Waals surface area contributed by atoms with E-state index < -0.39 is 0 Å². The Morgan fingerprint density at radius 1 is 1.21 bits per heavy atom. The molecule has 1 aromatic heterocycles. The van der Waals surface area contributed by atoms with Crippen LogP contribution >= 0.6 is 0 Å². The third kappa shape index (κ3) is 2.10. The number of hydrogen-bond donors (Lipinski definition) is 0. The average molecular weight is 193 g/mol. The van der Waals surface area contributed by atoms with Gasteiger partial charge in [0.25, 0.3) is 0 Å². The summed E-state index contributed by atoms with van der Waals surface area (Å²) in [5.74, 6) is 0.953. The Morgan fingerprint density at radius 2 is 2.00 bits per heavy atom. The molecule has 0 aliphatic carbocycles. The molecule has 1 heterocycles. The molecule has 0 aliphatic heterocycles. The zero-order chi connectivity index (χ0) is 9.80. The first kappa shape index (κ1) is 8.74. The van der Waals surface area contributed by atoms with Crippen LogP contribution in [-0.2, 0) is 6.61 Å². The van der Waals surface area contributed by atoms with Crippen LogP contribution in [0.1, 0.15) is 5.76 Å². The smallest absolute Gasteiger partial charge is 0.174 e. The molecule has 2 aromatic rings. The summed E-state index contributed by atoms with van der Waals surface area (Å²) in [6.07, 6.45) is 1.54. The molecule has 2 rings (SSSR count). The highest BCUT2D eigenvalue weighted by atomic mass is 19.1. The molecule has 1 aromatic carbocycles.